The van der Waals surface area contributed by atoms with Gasteiger partial charge in [0, 0.05) is 24.4 Å². The second kappa shape index (κ2) is 7.67. The molecule has 0 amide bonds. The van der Waals surface area contributed by atoms with E-state index >= 15 is 0 Å². The zero-order valence-electron chi connectivity index (χ0n) is 14.2. The quantitative estimate of drug-likeness (QED) is 0.505. The third-order valence-electron chi connectivity index (χ3n) is 3.75. The van der Waals surface area contributed by atoms with Gasteiger partial charge in [-0.2, -0.15) is 0 Å². The van der Waals surface area contributed by atoms with Gasteiger partial charge in [-0.15, -0.1) is 0 Å². The second-order valence-electron chi connectivity index (χ2n) is 5.43. The minimum Gasteiger partial charge on any atom is -0.362 e. The van der Waals surface area contributed by atoms with Gasteiger partial charge in [-0.1, -0.05) is 11.8 Å². The number of nitrogens with one attached hydrogen (secondary N) is 2. The Labute approximate surface area is 150 Å². The standard InChI is InChI=1S/C18H19FN4OS/c1-11(24-2)21-15-10-13(8-9-20-15)17-16(22-18(23-17)25-3)12-4-6-14(19)7-5-12/h4-11H,1-3H3,(H,20,21)(H,22,23). The Hall–Kier alpha value is -2.38. The lowest BCUT2D eigenvalue weighted by molar-refractivity contribution is 0.140. The number of aromatic nitrogens is 3. The molecule has 0 saturated heterocycles. The van der Waals surface area contributed by atoms with Crippen LogP contribution < -0.4 is 5.32 Å². The topological polar surface area (TPSA) is 62.8 Å². The van der Waals surface area contributed by atoms with Gasteiger partial charge >= 0.3 is 0 Å². The number of aromatic amines is 1. The highest BCUT2D eigenvalue weighted by atomic mass is 32.2. The summed E-state index contributed by atoms with van der Waals surface area (Å²) in [5, 5.41) is 3.96. The number of hydrogen-bond acceptors (Lipinski definition) is 5. The van der Waals surface area contributed by atoms with Crippen molar-refractivity contribution in [3.8, 4) is 22.5 Å². The molecule has 0 aliphatic heterocycles. The number of rotatable bonds is 6. The molecule has 25 heavy (non-hydrogen) atoms. The van der Waals surface area contributed by atoms with E-state index < -0.39 is 0 Å². The Kier molecular flexibility index (Phi) is 5.35. The third-order valence-corrected chi connectivity index (χ3v) is 4.33. The van der Waals surface area contributed by atoms with Crippen LogP contribution in [0.5, 0.6) is 0 Å². The molecule has 3 aromatic rings. The number of ether oxygens (including phenoxy) is 1. The van der Waals surface area contributed by atoms with Gasteiger partial charge in [0.2, 0.25) is 0 Å². The first-order valence-electron chi connectivity index (χ1n) is 7.76. The summed E-state index contributed by atoms with van der Waals surface area (Å²) in [5.74, 6) is 0.435. The molecule has 0 fully saturated rings. The van der Waals surface area contributed by atoms with Crippen LogP contribution in [0.1, 0.15) is 6.92 Å². The molecule has 2 aromatic heterocycles. The molecule has 130 valence electrons. The Morgan fingerprint density at radius 2 is 1.96 bits per heavy atom. The fourth-order valence-corrected chi connectivity index (χ4v) is 2.79. The van der Waals surface area contributed by atoms with Crippen molar-refractivity contribution in [2.45, 2.75) is 18.3 Å². The highest BCUT2D eigenvalue weighted by molar-refractivity contribution is 7.98. The average molecular weight is 358 g/mol. The summed E-state index contributed by atoms with van der Waals surface area (Å²) in [6.45, 7) is 1.90. The molecule has 5 nitrogen and oxygen atoms in total. The molecule has 0 radical (unpaired) electrons. The van der Waals surface area contributed by atoms with E-state index in [9.17, 15) is 4.39 Å². The number of pyridine rings is 1. The van der Waals surface area contributed by atoms with Gasteiger partial charge in [0.25, 0.3) is 0 Å². The summed E-state index contributed by atoms with van der Waals surface area (Å²) in [6, 6.07) is 10.2. The van der Waals surface area contributed by atoms with Crippen molar-refractivity contribution in [2.24, 2.45) is 0 Å². The van der Waals surface area contributed by atoms with E-state index in [1.54, 1.807) is 25.4 Å². The monoisotopic (exact) mass is 358 g/mol. The van der Waals surface area contributed by atoms with Crippen LogP contribution in [0.4, 0.5) is 10.2 Å². The fraction of sp³-hybridized carbons (Fsp3) is 0.222. The van der Waals surface area contributed by atoms with Crippen LogP contribution >= 0.6 is 11.8 Å². The highest BCUT2D eigenvalue weighted by Crippen LogP contribution is 2.33. The van der Waals surface area contributed by atoms with Crippen LogP contribution in [-0.2, 0) is 4.74 Å². The fourth-order valence-electron chi connectivity index (χ4n) is 2.41. The molecule has 0 aliphatic rings. The van der Waals surface area contributed by atoms with Crippen molar-refractivity contribution in [3.63, 3.8) is 0 Å². The number of benzene rings is 1. The summed E-state index contributed by atoms with van der Waals surface area (Å²) in [7, 11) is 1.63. The van der Waals surface area contributed by atoms with Crippen molar-refractivity contribution >= 4 is 17.6 Å². The molecular formula is C18H19FN4OS. The van der Waals surface area contributed by atoms with Crippen LogP contribution in [0, 0.1) is 5.82 Å². The molecule has 0 spiro atoms. The number of halogens is 1. The molecule has 1 unspecified atom stereocenters. The van der Waals surface area contributed by atoms with Crippen LogP contribution in [0.15, 0.2) is 47.8 Å². The number of anilines is 1. The lowest BCUT2D eigenvalue weighted by Gasteiger charge is -2.13. The van der Waals surface area contributed by atoms with Crippen LogP contribution in [0.3, 0.4) is 0 Å². The first-order chi connectivity index (χ1) is 12.1. The van der Waals surface area contributed by atoms with E-state index in [0.29, 0.717) is 5.82 Å². The van der Waals surface area contributed by atoms with E-state index in [1.165, 1.54) is 23.9 Å². The van der Waals surface area contributed by atoms with Crippen LogP contribution in [-0.4, -0.2) is 34.5 Å². The SMILES string of the molecule is COC(C)Nc1cc(-c2nc(SC)[nH]c2-c2ccc(F)cc2)ccn1. The smallest absolute Gasteiger partial charge is 0.166 e. The van der Waals surface area contributed by atoms with Crippen molar-refractivity contribution in [1.82, 2.24) is 15.0 Å². The summed E-state index contributed by atoms with van der Waals surface area (Å²) in [5.41, 5.74) is 3.44. The Morgan fingerprint density at radius 1 is 1.20 bits per heavy atom. The summed E-state index contributed by atoms with van der Waals surface area (Å²) in [6.07, 6.45) is 3.53. The van der Waals surface area contributed by atoms with Gasteiger partial charge in [-0.25, -0.2) is 14.4 Å². The number of imidazole rings is 1. The maximum Gasteiger partial charge on any atom is 0.166 e. The van der Waals surface area contributed by atoms with Crippen molar-refractivity contribution < 1.29 is 9.13 Å². The van der Waals surface area contributed by atoms with E-state index in [1.807, 2.05) is 25.3 Å². The lowest BCUT2D eigenvalue weighted by atomic mass is 10.1. The Bertz CT molecular complexity index is 851. The molecule has 7 heteroatoms. The molecule has 2 N–H and O–H groups in total. The van der Waals surface area contributed by atoms with Crippen molar-refractivity contribution in [3.05, 3.63) is 48.4 Å². The molecule has 0 saturated carbocycles. The molecule has 2 heterocycles. The number of thioether (sulfide) groups is 1. The van der Waals surface area contributed by atoms with E-state index in [0.717, 1.165) is 27.7 Å². The minimum atomic E-state index is -0.265. The maximum absolute atomic E-state index is 13.2. The second-order valence-corrected chi connectivity index (χ2v) is 6.22. The van der Waals surface area contributed by atoms with Crippen molar-refractivity contribution in [1.29, 1.82) is 0 Å². The lowest BCUT2D eigenvalue weighted by Crippen LogP contribution is -2.17. The number of nitrogens with zero attached hydrogens (tertiary/aromatic N) is 2. The zero-order chi connectivity index (χ0) is 17.8. The molecule has 1 aromatic carbocycles. The van der Waals surface area contributed by atoms with Crippen LogP contribution in [0.25, 0.3) is 22.5 Å². The number of methoxy groups -OCH3 is 1. The Morgan fingerprint density at radius 3 is 2.64 bits per heavy atom. The first-order valence-corrected chi connectivity index (χ1v) is 8.99. The van der Waals surface area contributed by atoms with Gasteiger partial charge < -0.3 is 15.0 Å². The van der Waals surface area contributed by atoms with E-state index in [4.69, 9.17) is 4.74 Å². The summed E-state index contributed by atoms with van der Waals surface area (Å²) in [4.78, 5) is 12.3. The van der Waals surface area contributed by atoms with Gasteiger partial charge in [-0.3, -0.25) is 0 Å². The van der Waals surface area contributed by atoms with Crippen molar-refractivity contribution in [2.75, 3.05) is 18.7 Å². The largest absolute Gasteiger partial charge is 0.362 e. The predicted molar refractivity (Wildman–Crippen MR) is 99.1 cm³/mol. The summed E-state index contributed by atoms with van der Waals surface area (Å²) < 4.78 is 18.5. The molecule has 0 aliphatic carbocycles. The van der Waals surface area contributed by atoms with Gasteiger partial charge in [0.05, 0.1) is 11.4 Å². The minimum absolute atomic E-state index is 0.153. The third kappa shape index (κ3) is 4.00. The molecular weight excluding hydrogens is 339 g/mol. The van der Waals surface area contributed by atoms with E-state index in [-0.39, 0.29) is 12.0 Å². The Balaban J connectivity index is 2.03. The number of H-pyrrole nitrogens is 1. The maximum atomic E-state index is 13.2. The number of hydrogen-bond donors (Lipinski definition) is 2. The molecule has 0 bridgehead atoms. The van der Waals surface area contributed by atoms with Gasteiger partial charge in [0.15, 0.2) is 5.16 Å². The predicted octanol–water partition coefficient (Wildman–Crippen LogP) is 4.40. The zero-order valence-corrected chi connectivity index (χ0v) is 15.0. The van der Waals surface area contributed by atoms with Gasteiger partial charge in [-0.05, 0) is 49.6 Å². The normalized spacial score (nSPS) is 12.2. The van der Waals surface area contributed by atoms with E-state index in [2.05, 4.69) is 20.3 Å². The highest BCUT2D eigenvalue weighted by Gasteiger charge is 2.15. The molecule has 3 rings (SSSR count). The van der Waals surface area contributed by atoms with Gasteiger partial charge in [0.1, 0.15) is 17.9 Å². The summed E-state index contributed by atoms with van der Waals surface area (Å²) >= 11 is 1.52. The van der Waals surface area contributed by atoms with Crippen LogP contribution in [0.2, 0.25) is 0 Å². The average Bonchev–Trinajstić information content (AvgIpc) is 3.07. The molecule has 1 atom stereocenters. The first kappa shape index (κ1) is 17.4.